The molecule has 0 saturated carbocycles. The van der Waals surface area contributed by atoms with Gasteiger partial charge in [-0.3, -0.25) is 9.59 Å². The number of likely N-dealkylation sites (tertiary alicyclic amines) is 2. The number of hydrogen-bond donors (Lipinski definition) is 0. The summed E-state index contributed by atoms with van der Waals surface area (Å²) in [7, 11) is 0. The number of benzene rings is 1. The highest BCUT2D eigenvalue weighted by molar-refractivity contribution is 6.20. The van der Waals surface area contributed by atoms with Gasteiger partial charge < -0.3 is 14.6 Å². The second-order valence-corrected chi connectivity index (χ2v) is 7.84. The van der Waals surface area contributed by atoms with Crippen LogP contribution >= 0.6 is 0 Å². The number of carbonyl (C=O) groups excluding carboxylic acids is 3. The predicted molar refractivity (Wildman–Crippen MR) is 102 cm³/mol. The summed E-state index contributed by atoms with van der Waals surface area (Å²) < 4.78 is 0. The molecule has 3 aliphatic heterocycles. The van der Waals surface area contributed by atoms with Crippen molar-refractivity contribution in [3.63, 3.8) is 0 Å². The van der Waals surface area contributed by atoms with E-state index in [-0.39, 0.29) is 17.0 Å². The summed E-state index contributed by atoms with van der Waals surface area (Å²) in [6.45, 7) is 7.31. The summed E-state index contributed by atoms with van der Waals surface area (Å²) in [6.07, 6.45) is 3.77. The first kappa shape index (κ1) is 19.1. The molecule has 2 fully saturated rings. The Labute approximate surface area is 165 Å². The maximum absolute atomic E-state index is 12.6. The molecule has 0 radical (unpaired) electrons. The fourth-order valence-corrected chi connectivity index (χ4v) is 4.52. The lowest BCUT2D eigenvalue weighted by Crippen LogP contribution is -2.48. The van der Waals surface area contributed by atoms with E-state index in [0.29, 0.717) is 23.9 Å². The average Bonchev–Trinajstić information content (AvgIpc) is 2.99. The molecule has 0 N–H and O–H groups in total. The van der Waals surface area contributed by atoms with Crippen LogP contribution in [0.3, 0.4) is 0 Å². The van der Waals surface area contributed by atoms with Crippen molar-refractivity contribution in [3.05, 3.63) is 35.4 Å². The Bertz CT molecular complexity index is 730. The Hall–Kier alpha value is -2.25. The van der Waals surface area contributed by atoms with Gasteiger partial charge in [-0.2, -0.15) is 0 Å². The first-order valence-corrected chi connectivity index (χ1v) is 10.2. The minimum Gasteiger partial charge on any atom is -0.329 e. The van der Waals surface area contributed by atoms with Crippen LogP contribution in [0.15, 0.2) is 24.3 Å². The number of nitrogens with zero attached hydrogens (tertiary/aromatic N) is 3. The molecule has 0 atom stereocenters. The molecule has 1 aromatic rings. The standard InChI is InChI=1S/C21H27N3O4/c1-2-22-11-9-16(10-12-22)23-13-7-15(8-14-23)21(27)28-24-19(25)17-5-3-4-6-18(17)20(24)26/h3-6,15-16H,2,7-14H2,1H3. The van der Waals surface area contributed by atoms with Crippen molar-refractivity contribution in [1.82, 2.24) is 14.9 Å². The lowest BCUT2D eigenvalue weighted by Gasteiger charge is -2.41. The van der Waals surface area contributed by atoms with Crippen molar-refractivity contribution < 1.29 is 19.2 Å². The Morgan fingerprint density at radius 3 is 2.07 bits per heavy atom. The number of rotatable bonds is 4. The van der Waals surface area contributed by atoms with E-state index >= 15 is 0 Å². The van der Waals surface area contributed by atoms with Crippen molar-refractivity contribution >= 4 is 17.8 Å². The zero-order chi connectivity index (χ0) is 19.7. The van der Waals surface area contributed by atoms with Crippen molar-refractivity contribution in [2.75, 3.05) is 32.7 Å². The van der Waals surface area contributed by atoms with Gasteiger partial charge in [0.1, 0.15) is 0 Å². The van der Waals surface area contributed by atoms with Crippen molar-refractivity contribution in [2.45, 2.75) is 38.6 Å². The topological polar surface area (TPSA) is 70.2 Å². The van der Waals surface area contributed by atoms with Gasteiger partial charge in [0, 0.05) is 6.04 Å². The van der Waals surface area contributed by atoms with Crippen LogP contribution in [0.1, 0.15) is 53.3 Å². The highest BCUT2D eigenvalue weighted by Crippen LogP contribution is 2.27. The summed E-state index contributed by atoms with van der Waals surface area (Å²) in [4.78, 5) is 47.5. The number of piperidine rings is 2. The molecule has 3 heterocycles. The fourth-order valence-electron chi connectivity index (χ4n) is 4.52. The van der Waals surface area contributed by atoms with E-state index < -0.39 is 17.8 Å². The summed E-state index contributed by atoms with van der Waals surface area (Å²) in [5.74, 6) is -1.87. The molecule has 28 heavy (non-hydrogen) atoms. The zero-order valence-corrected chi connectivity index (χ0v) is 16.3. The summed E-state index contributed by atoms with van der Waals surface area (Å²) in [6, 6.07) is 7.12. The minimum absolute atomic E-state index is 0.267. The molecule has 2 amide bonds. The molecule has 7 heteroatoms. The van der Waals surface area contributed by atoms with Gasteiger partial charge in [-0.05, 0) is 70.5 Å². The largest absolute Gasteiger partial charge is 0.336 e. The van der Waals surface area contributed by atoms with E-state index in [2.05, 4.69) is 16.7 Å². The van der Waals surface area contributed by atoms with Gasteiger partial charge in [0.15, 0.2) is 0 Å². The molecule has 0 aromatic heterocycles. The molecular weight excluding hydrogens is 358 g/mol. The van der Waals surface area contributed by atoms with E-state index in [1.807, 2.05) is 0 Å². The average molecular weight is 385 g/mol. The Morgan fingerprint density at radius 2 is 1.54 bits per heavy atom. The van der Waals surface area contributed by atoms with E-state index in [9.17, 15) is 14.4 Å². The van der Waals surface area contributed by atoms with Crippen LogP contribution < -0.4 is 0 Å². The second-order valence-electron chi connectivity index (χ2n) is 7.84. The lowest BCUT2D eigenvalue weighted by atomic mass is 9.93. The van der Waals surface area contributed by atoms with Gasteiger partial charge in [0.05, 0.1) is 17.0 Å². The van der Waals surface area contributed by atoms with Crippen LogP contribution in [-0.4, -0.2) is 71.4 Å². The third-order valence-electron chi connectivity index (χ3n) is 6.32. The summed E-state index contributed by atoms with van der Waals surface area (Å²) in [5.41, 5.74) is 0.571. The summed E-state index contributed by atoms with van der Waals surface area (Å²) >= 11 is 0. The van der Waals surface area contributed by atoms with Crippen LogP contribution in [0.4, 0.5) is 0 Å². The first-order chi connectivity index (χ1) is 13.6. The Balaban J connectivity index is 1.29. The highest BCUT2D eigenvalue weighted by atomic mass is 16.7. The molecule has 3 aliphatic rings. The van der Waals surface area contributed by atoms with Crippen LogP contribution in [0.25, 0.3) is 0 Å². The molecule has 2 saturated heterocycles. The normalized spacial score (nSPS) is 22.5. The number of amides is 2. The van der Waals surface area contributed by atoms with Gasteiger partial charge in [-0.15, -0.1) is 0 Å². The monoisotopic (exact) mass is 385 g/mol. The third kappa shape index (κ3) is 3.56. The van der Waals surface area contributed by atoms with Crippen LogP contribution in [0.5, 0.6) is 0 Å². The van der Waals surface area contributed by atoms with Gasteiger partial charge in [0.2, 0.25) is 0 Å². The Kier molecular flexibility index (Phi) is 5.46. The molecule has 0 spiro atoms. The third-order valence-corrected chi connectivity index (χ3v) is 6.32. The van der Waals surface area contributed by atoms with Crippen LogP contribution in [0, 0.1) is 5.92 Å². The molecule has 4 rings (SSSR count). The van der Waals surface area contributed by atoms with Gasteiger partial charge in [-0.1, -0.05) is 24.1 Å². The molecule has 0 bridgehead atoms. The first-order valence-electron chi connectivity index (χ1n) is 10.2. The Morgan fingerprint density at radius 1 is 0.964 bits per heavy atom. The number of hydrogen-bond acceptors (Lipinski definition) is 6. The number of fused-ring (bicyclic) bond motifs is 1. The number of imide groups is 1. The lowest BCUT2D eigenvalue weighted by molar-refractivity contribution is -0.175. The molecule has 150 valence electrons. The fraction of sp³-hybridized carbons (Fsp3) is 0.571. The van der Waals surface area contributed by atoms with E-state index in [4.69, 9.17) is 4.84 Å². The second kappa shape index (κ2) is 8.01. The maximum atomic E-state index is 12.6. The molecule has 0 unspecified atom stereocenters. The van der Waals surface area contributed by atoms with Crippen LogP contribution in [0.2, 0.25) is 0 Å². The smallest absolute Gasteiger partial charge is 0.329 e. The summed E-state index contributed by atoms with van der Waals surface area (Å²) in [5, 5.41) is 0.625. The molecular formula is C21H27N3O4. The number of hydroxylamine groups is 2. The molecule has 0 aliphatic carbocycles. The minimum atomic E-state index is -0.561. The quantitative estimate of drug-likeness (QED) is 0.738. The van der Waals surface area contributed by atoms with Crippen LogP contribution in [-0.2, 0) is 9.63 Å². The molecule has 1 aromatic carbocycles. The van der Waals surface area contributed by atoms with Crippen molar-refractivity contribution in [2.24, 2.45) is 5.92 Å². The zero-order valence-electron chi connectivity index (χ0n) is 16.3. The highest BCUT2D eigenvalue weighted by Gasteiger charge is 2.40. The molecule has 7 nitrogen and oxygen atoms in total. The van der Waals surface area contributed by atoms with Gasteiger partial charge in [-0.25, -0.2) is 4.79 Å². The van der Waals surface area contributed by atoms with Gasteiger partial charge >= 0.3 is 5.97 Å². The van der Waals surface area contributed by atoms with E-state index in [1.54, 1.807) is 24.3 Å². The number of carbonyl (C=O) groups is 3. The van der Waals surface area contributed by atoms with E-state index in [1.165, 1.54) is 12.8 Å². The van der Waals surface area contributed by atoms with E-state index in [0.717, 1.165) is 32.7 Å². The van der Waals surface area contributed by atoms with Crippen molar-refractivity contribution in [3.8, 4) is 0 Å². The maximum Gasteiger partial charge on any atom is 0.336 e. The SMILES string of the molecule is CCN1CCC(N2CCC(C(=O)ON3C(=O)c4ccccc4C3=O)CC2)CC1. The predicted octanol–water partition coefficient (Wildman–Crippen LogP) is 1.94. The van der Waals surface area contributed by atoms with Crippen molar-refractivity contribution in [1.29, 1.82) is 0 Å². The van der Waals surface area contributed by atoms with Gasteiger partial charge in [0.25, 0.3) is 11.8 Å².